The van der Waals surface area contributed by atoms with E-state index in [1.807, 2.05) is 30.3 Å². The Morgan fingerprint density at radius 3 is 2.41 bits per heavy atom. The van der Waals surface area contributed by atoms with Crippen molar-refractivity contribution in [2.24, 2.45) is 0 Å². The van der Waals surface area contributed by atoms with Crippen LogP contribution in [-0.4, -0.2) is 31.1 Å². The molecule has 0 N–H and O–H groups in total. The molecule has 3 rings (SSSR count). The molecule has 2 aromatic rings. The average molecular weight is 337 g/mol. The van der Waals surface area contributed by atoms with Crippen molar-refractivity contribution in [3.8, 4) is 11.3 Å². The summed E-state index contributed by atoms with van der Waals surface area (Å²) >= 11 is 0. The summed E-state index contributed by atoms with van der Waals surface area (Å²) in [5.74, 6) is -0.236. The summed E-state index contributed by atoms with van der Waals surface area (Å²) < 4.78 is 22.7. The number of hydrogen-bond acceptors (Lipinski definition) is 4. The first-order chi connectivity index (χ1) is 10.4. The fourth-order valence-corrected chi connectivity index (χ4v) is 3.49. The molecule has 1 amide bonds. The van der Waals surface area contributed by atoms with Crippen LogP contribution in [0.15, 0.2) is 48.7 Å². The highest BCUT2D eigenvalue weighted by Crippen LogP contribution is 2.28. The largest absolute Gasteiger partial charge is 0.311 e. The smallest absolute Gasteiger partial charge is 0.237 e. The Labute approximate surface area is 133 Å². The van der Waals surface area contributed by atoms with Gasteiger partial charge in [-0.1, -0.05) is 18.2 Å². The Balaban J connectivity index is 1.83. The van der Waals surface area contributed by atoms with Crippen LogP contribution in [0.3, 0.4) is 0 Å². The second-order valence-electron chi connectivity index (χ2n) is 5.07. The van der Waals surface area contributed by atoms with Crippen molar-refractivity contribution in [2.75, 3.05) is 11.4 Å². The van der Waals surface area contributed by atoms with Gasteiger partial charge in [0.2, 0.25) is 15.0 Å². The van der Waals surface area contributed by atoms with Crippen LogP contribution in [0, 0.1) is 0 Å². The number of amides is 1. The lowest BCUT2D eigenvalue weighted by molar-refractivity contribution is -0.117. The molecule has 5 nitrogen and oxygen atoms in total. The molecule has 0 bridgehead atoms. The molecule has 1 aliphatic rings. The number of aromatic nitrogens is 1. The van der Waals surface area contributed by atoms with Gasteiger partial charge >= 0.3 is 0 Å². The van der Waals surface area contributed by atoms with Crippen LogP contribution in [0.2, 0.25) is 0 Å². The zero-order valence-electron chi connectivity index (χ0n) is 11.5. The molecule has 1 saturated heterocycles. The molecule has 0 radical (unpaired) electrons. The first-order valence-electron chi connectivity index (χ1n) is 6.70. The molecule has 1 aromatic carbocycles. The van der Waals surface area contributed by atoms with E-state index >= 15 is 0 Å². The Morgan fingerprint density at radius 2 is 1.86 bits per heavy atom. The second kappa shape index (κ2) is 5.70. The van der Waals surface area contributed by atoms with Crippen molar-refractivity contribution < 1.29 is 13.2 Å². The number of pyridine rings is 1. The summed E-state index contributed by atoms with van der Waals surface area (Å²) in [6.07, 6.45) is 1.64. The van der Waals surface area contributed by atoms with Gasteiger partial charge in [-0.2, -0.15) is 0 Å². The Bertz CT molecular complexity index is 791. The third-order valence-electron chi connectivity index (χ3n) is 3.63. The highest BCUT2D eigenvalue weighted by molar-refractivity contribution is 8.14. The minimum Gasteiger partial charge on any atom is -0.311 e. The van der Waals surface area contributed by atoms with Gasteiger partial charge in [-0.25, -0.2) is 8.42 Å². The zero-order chi connectivity index (χ0) is 15.7. The standard InChI is InChI=1S/C15H13ClN2O3S/c16-22(20,21)13-9-15(19)18(10-13)12-6-4-11(5-7-12)14-3-1-2-8-17-14/h1-8,13H,9-10H2. The van der Waals surface area contributed by atoms with Crippen LogP contribution in [0.4, 0.5) is 5.69 Å². The summed E-state index contributed by atoms with van der Waals surface area (Å²) in [5.41, 5.74) is 2.42. The Morgan fingerprint density at radius 1 is 1.14 bits per heavy atom. The predicted molar refractivity (Wildman–Crippen MR) is 85.2 cm³/mol. The van der Waals surface area contributed by atoms with Gasteiger partial charge in [-0.3, -0.25) is 9.78 Å². The van der Waals surface area contributed by atoms with E-state index < -0.39 is 14.3 Å². The molecule has 1 aliphatic heterocycles. The normalized spacial score (nSPS) is 18.7. The molecular formula is C15H13ClN2O3S. The van der Waals surface area contributed by atoms with E-state index in [-0.39, 0.29) is 18.9 Å². The Hall–Kier alpha value is -1.92. The van der Waals surface area contributed by atoms with Crippen molar-refractivity contribution >= 4 is 31.3 Å². The van der Waals surface area contributed by atoms with Crippen LogP contribution in [0.5, 0.6) is 0 Å². The SMILES string of the molecule is O=C1CC(S(=O)(=O)Cl)CN1c1ccc(-c2ccccn2)cc1. The van der Waals surface area contributed by atoms with E-state index in [9.17, 15) is 13.2 Å². The molecule has 0 aliphatic carbocycles. The average Bonchev–Trinajstić information content (AvgIpc) is 2.90. The first kappa shape index (κ1) is 15.0. The highest BCUT2D eigenvalue weighted by Gasteiger charge is 2.37. The maximum absolute atomic E-state index is 12.0. The van der Waals surface area contributed by atoms with Crippen molar-refractivity contribution in [2.45, 2.75) is 11.7 Å². The van der Waals surface area contributed by atoms with Gasteiger partial charge < -0.3 is 4.90 Å². The number of anilines is 1. The van der Waals surface area contributed by atoms with Gasteiger partial charge in [0, 0.05) is 41.1 Å². The fourth-order valence-electron chi connectivity index (χ4n) is 2.46. The van der Waals surface area contributed by atoms with Gasteiger partial charge in [0.25, 0.3) is 0 Å². The van der Waals surface area contributed by atoms with E-state index in [1.165, 1.54) is 4.90 Å². The van der Waals surface area contributed by atoms with E-state index in [0.29, 0.717) is 5.69 Å². The lowest BCUT2D eigenvalue weighted by Gasteiger charge is -2.16. The van der Waals surface area contributed by atoms with Crippen LogP contribution < -0.4 is 4.90 Å². The van der Waals surface area contributed by atoms with Gasteiger partial charge in [0.1, 0.15) is 5.25 Å². The molecule has 1 atom stereocenters. The van der Waals surface area contributed by atoms with Gasteiger partial charge in [0.15, 0.2) is 0 Å². The number of nitrogens with zero attached hydrogens (tertiary/aromatic N) is 2. The summed E-state index contributed by atoms with van der Waals surface area (Å²) in [4.78, 5) is 17.7. The predicted octanol–water partition coefficient (Wildman–Crippen LogP) is 2.42. The van der Waals surface area contributed by atoms with Crippen molar-refractivity contribution in [1.82, 2.24) is 4.98 Å². The van der Waals surface area contributed by atoms with Crippen molar-refractivity contribution in [3.63, 3.8) is 0 Å². The molecule has 1 unspecified atom stereocenters. The maximum atomic E-state index is 12.0. The lowest BCUT2D eigenvalue weighted by atomic mass is 10.1. The fraction of sp³-hybridized carbons (Fsp3) is 0.200. The summed E-state index contributed by atoms with van der Waals surface area (Å²) in [6.45, 7) is 0.0909. The van der Waals surface area contributed by atoms with Crippen LogP contribution in [0.1, 0.15) is 6.42 Å². The molecule has 7 heteroatoms. The summed E-state index contributed by atoms with van der Waals surface area (Å²) in [7, 11) is 1.62. The van der Waals surface area contributed by atoms with E-state index in [4.69, 9.17) is 10.7 Å². The zero-order valence-corrected chi connectivity index (χ0v) is 13.1. The van der Waals surface area contributed by atoms with Gasteiger partial charge in [-0.15, -0.1) is 0 Å². The number of benzene rings is 1. The number of carbonyl (C=O) groups excluding carboxylic acids is 1. The van der Waals surface area contributed by atoms with E-state index in [0.717, 1.165) is 11.3 Å². The quantitative estimate of drug-likeness (QED) is 0.807. The molecule has 22 heavy (non-hydrogen) atoms. The molecule has 2 heterocycles. The monoisotopic (exact) mass is 336 g/mol. The third kappa shape index (κ3) is 2.98. The molecule has 114 valence electrons. The molecule has 0 spiro atoms. The summed E-state index contributed by atoms with van der Waals surface area (Å²) in [5, 5.41) is -0.850. The third-order valence-corrected chi connectivity index (χ3v) is 5.50. The number of halogens is 1. The summed E-state index contributed by atoms with van der Waals surface area (Å²) in [6, 6.07) is 12.9. The Kier molecular flexibility index (Phi) is 3.88. The van der Waals surface area contributed by atoms with E-state index in [1.54, 1.807) is 18.3 Å². The highest BCUT2D eigenvalue weighted by atomic mass is 35.7. The molecular weight excluding hydrogens is 324 g/mol. The minimum absolute atomic E-state index is 0.0756. The second-order valence-corrected chi connectivity index (χ2v) is 7.98. The van der Waals surface area contributed by atoms with Gasteiger partial charge in [0.05, 0.1) is 5.69 Å². The van der Waals surface area contributed by atoms with Crippen molar-refractivity contribution in [3.05, 3.63) is 48.7 Å². The van der Waals surface area contributed by atoms with Crippen LogP contribution in [-0.2, 0) is 13.8 Å². The molecule has 1 aromatic heterocycles. The van der Waals surface area contributed by atoms with Gasteiger partial charge in [-0.05, 0) is 24.3 Å². The molecule has 1 fully saturated rings. The topological polar surface area (TPSA) is 67.3 Å². The number of rotatable bonds is 3. The van der Waals surface area contributed by atoms with Crippen molar-refractivity contribution in [1.29, 1.82) is 0 Å². The van der Waals surface area contributed by atoms with Crippen LogP contribution >= 0.6 is 10.7 Å². The number of hydrogen-bond donors (Lipinski definition) is 0. The van der Waals surface area contributed by atoms with E-state index in [2.05, 4.69) is 4.98 Å². The first-order valence-corrected chi connectivity index (χ1v) is 9.08. The lowest BCUT2D eigenvalue weighted by Crippen LogP contribution is -2.26. The van der Waals surface area contributed by atoms with Crippen LogP contribution in [0.25, 0.3) is 11.3 Å². The number of carbonyl (C=O) groups is 1. The molecule has 0 saturated carbocycles. The minimum atomic E-state index is -3.73. The maximum Gasteiger partial charge on any atom is 0.237 e.